The maximum absolute atomic E-state index is 14.0. The summed E-state index contributed by atoms with van der Waals surface area (Å²) in [6.07, 6.45) is 2.34. The van der Waals surface area contributed by atoms with Gasteiger partial charge in [0.25, 0.3) is 5.91 Å². The van der Waals surface area contributed by atoms with Crippen molar-refractivity contribution in [3.8, 4) is 0 Å². The van der Waals surface area contributed by atoms with E-state index in [0.717, 1.165) is 47.5 Å². The lowest BCUT2D eigenvalue weighted by Gasteiger charge is -2.33. The molecule has 0 spiro atoms. The van der Waals surface area contributed by atoms with E-state index < -0.39 is 0 Å². The summed E-state index contributed by atoms with van der Waals surface area (Å²) < 4.78 is 20.0. The summed E-state index contributed by atoms with van der Waals surface area (Å²) in [4.78, 5) is 14.1. The number of fused-ring (bicyclic) bond motifs is 1. The first kappa shape index (κ1) is 16.9. The molecule has 0 radical (unpaired) electrons. The molecule has 0 aromatic heterocycles. The average Bonchev–Trinajstić information content (AvgIpc) is 3.45. The van der Waals surface area contributed by atoms with Crippen molar-refractivity contribution >= 4 is 5.91 Å². The minimum atomic E-state index is -0.130. The quantitative estimate of drug-likeness (QED) is 0.900. The second-order valence-corrected chi connectivity index (χ2v) is 7.86. The summed E-state index contributed by atoms with van der Waals surface area (Å²) in [6.45, 7) is 3.60. The van der Waals surface area contributed by atoms with E-state index in [1.807, 2.05) is 12.1 Å². The topological polar surface area (TPSA) is 41.6 Å². The lowest BCUT2D eigenvalue weighted by Crippen LogP contribution is -2.37. The summed E-state index contributed by atoms with van der Waals surface area (Å²) in [5.41, 5.74) is 5.09. The van der Waals surface area contributed by atoms with Gasteiger partial charge >= 0.3 is 0 Å². The van der Waals surface area contributed by atoms with Gasteiger partial charge in [-0.25, -0.2) is 4.39 Å². The predicted octanol–water partition coefficient (Wildman–Crippen LogP) is 3.52. The number of hydrogen-bond donors (Lipinski definition) is 1. The number of nitrogens with one attached hydrogen (secondary N) is 1. The van der Waals surface area contributed by atoms with Crippen LogP contribution < -0.4 is 5.32 Å². The van der Waals surface area contributed by atoms with Crippen LogP contribution in [-0.2, 0) is 17.8 Å². The molecule has 3 aliphatic rings. The van der Waals surface area contributed by atoms with Gasteiger partial charge < -0.3 is 10.1 Å². The van der Waals surface area contributed by atoms with Crippen molar-refractivity contribution in [1.29, 1.82) is 0 Å². The highest BCUT2D eigenvalue weighted by molar-refractivity contribution is 5.98. The molecule has 1 aliphatic carbocycles. The molecule has 2 fully saturated rings. The van der Waals surface area contributed by atoms with Crippen LogP contribution in [0.15, 0.2) is 36.4 Å². The molecule has 27 heavy (non-hydrogen) atoms. The molecule has 2 aromatic carbocycles. The zero-order chi connectivity index (χ0) is 18.4. The molecule has 5 heteroatoms. The van der Waals surface area contributed by atoms with E-state index in [1.54, 1.807) is 12.1 Å². The number of ether oxygens (including phenoxy) is 1. The second-order valence-electron chi connectivity index (χ2n) is 7.86. The lowest BCUT2D eigenvalue weighted by atomic mass is 10.0. The second kappa shape index (κ2) is 6.73. The SMILES string of the molecule is O=C1NCc2cc(C3CN(Cc4cc(F)cc(C5CC5)c4)CCO3)ccc21. The van der Waals surface area contributed by atoms with Crippen molar-refractivity contribution in [2.24, 2.45) is 0 Å². The molecule has 0 bridgehead atoms. The van der Waals surface area contributed by atoms with Crippen LogP contribution in [0, 0.1) is 5.82 Å². The molecule has 140 valence electrons. The molecule has 4 nitrogen and oxygen atoms in total. The molecule has 1 N–H and O–H groups in total. The van der Waals surface area contributed by atoms with E-state index in [0.29, 0.717) is 19.1 Å². The number of nitrogens with zero attached hydrogens (tertiary/aromatic N) is 1. The van der Waals surface area contributed by atoms with Crippen LogP contribution >= 0.6 is 0 Å². The lowest BCUT2D eigenvalue weighted by molar-refractivity contribution is -0.0329. The third-order valence-corrected chi connectivity index (χ3v) is 5.77. The van der Waals surface area contributed by atoms with Crippen molar-refractivity contribution < 1.29 is 13.9 Å². The van der Waals surface area contributed by atoms with Crippen LogP contribution in [0.5, 0.6) is 0 Å². The molecule has 2 aromatic rings. The highest BCUT2D eigenvalue weighted by Crippen LogP contribution is 2.40. The van der Waals surface area contributed by atoms with Gasteiger partial charge in [0.05, 0.1) is 12.7 Å². The normalized spacial score (nSPS) is 22.6. The van der Waals surface area contributed by atoms with Crippen molar-refractivity contribution in [2.45, 2.75) is 38.0 Å². The Labute approximate surface area is 158 Å². The van der Waals surface area contributed by atoms with Crippen molar-refractivity contribution in [3.05, 3.63) is 70.0 Å². The van der Waals surface area contributed by atoms with Crippen LogP contribution in [0.2, 0.25) is 0 Å². The number of carbonyl (C=O) groups is 1. The largest absolute Gasteiger partial charge is 0.371 e. The molecule has 1 saturated heterocycles. The van der Waals surface area contributed by atoms with Crippen molar-refractivity contribution in [1.82, 2.24) is 10.2 Å². The molecule has 1 unspecified atom stereocenters. The number of halogens is 1. The van der Waals surface area contributed by atoms with Crippen molar-refractivity contribution in [3.63, 3.8) is 0 Å². The molecule has 2 heterocycles. The Morgan fingerprint density at radius 3 is 2.89 bits per heavy atom. The third kappa shape index (κ3) is 3.49. The Balaban J connectivity index is 1.31. The summed E-state index contributed by atoms with van der Waals surface area (Å²) in [6, 6.07) is 11.5. The van der Waals surface area contributed by atoms with Crippen LogP contribution in [0.25, 0.3) is 0 Å². The van der Waals surface area contributed by atoms with E-state index >= 15 is 0 Å². The van der Waals surface area contributed by atoms with E-state index in [1.165, 1.54) is 12.8 Å². The fourth-order valence-electron chi connectivity index (χ4n) is 4.18. The minimum Gasteiger partial charge on any atom is -0.371 e. The number of hydrogen-bond acceptors (Lipinski definition) is 3. The zero-order valence-corrected chi connectivity index (χ0v) is 15.2. The van der Waals surface area contributed by atoms with Gasteiger partial charge in [0.1, 0.15) is 5.82 Å². The maximum Gasteiger partial charge on any atom is 0.251 e. The smallest absolute Gasteiger partial charge is 0.251 e. The van der Waals surface area contributed by atoms with Crippen molar-refractivity contribution in [2.75, 3.05) is 19.7 Å². The molecular formula is C22H23FN2O2. The van der Waals surface area contributed by atoms with E-state index in [-0.39, 0.29) is 17.8 Å². The highest BCUT2D eigenvalue weighted by atomic mass is 19.1. The van der Waals surface area contributed by atoms with Crippen LogP contribution in [0.3, 0.4) is 0 Å². The predicted molar refractivity (Wildman–Crippen MR) is 100.0 cm³/mol. The summed E-state index contributed by atoms with van der Waals surface area (Å²) >= 11 is 0. The van der Waals surface area contributed by atoms with Gasteiger partial charge in [0, 0.05) is 31.7 Å². The fourth-order valence-corrected chi connectivity index (χ4v) is 4.18. The van der Waals surface area contributed by atoms with Gasteiger partial charge in [-0.1, -0.05) is 18.2 Å². The Morgan fingerprint density at radius 2 is 2.04 bits per heavy atom. The van der Waals surface area contributed by atoms with Crippen LogP contribution in [0.1, 0.15) is 57.5 Å². The number of morpholine rings is 1. The van der Waals surface area contributed by atoms with Gasteiger partial charge in [-0.05, 0) is 59.2 Å². The molecule has 1 amide bonds. The van der Waals surface area contributed by atoms with Gasteiger partial charge in [0.2, 0.25) is 0 Å². The monoisotopic (exact) mass is 366 g/mol. The molecule has 1 saturated carbocycles. The van der Waals surface area contributed by atoms with E-state index in [9.17, 15) is 9.18 Å². The van der Waals surface area contributed by atoms with Gasteiger partial charge in [0.15, 0.2) is 0 Å². The van der Waals surface area contributed by atoms with E-state index in [2.05, 4.69) is 22.3 Å². The Kier molecular flexibility index (Phi) is 4.21. The Hall–Kier alpha value is -2.24. The molecular weight excluding hydrogens is 343 g/mol. The summed E-state index contributed by atoms with van der Waals surface area (Å²) in [5.74, 6) is 0.426. The first-order chi connectivity index (χ1) is 13.2. The first-order valence-corrected chi connectivity index (χ1v) is 9.70. The van der Waals surface area contributed by atoms with Crippen LogP contribution in [0.4, 0.5) is 4.39 Å². The molecule has 2 aliphatic heterocycles. The number of benzene rings is 2. The van der Waals surface area contributed by atoms with Gasteiger partial charge in [-0.2, -0.15) is 0 Å². The standard InChI is InChI=1S/C22H23FN2O2/c23-19-8-14(7-17(10-19)15-1-2-15)12-25-5-6-27-21(13-25)16-3-4-20-18(9-16)11-24-22(20)26/h3-4,7-10,15,21H,1-2,5-6,11-13H2,(H,24,26). The van der Waals surface area contributed by atoms with E-state index in [4.69, 9.17) is 4.74 Å². The number of carbonyl (C=O) groups excluding carboxylic acids is 1. The maximum atomic E-state index is 14.0. The fraction of sp³-hybridized carbons (Fsp3) is 0.409. The highest BCUT2D eigenvalue weighted by Gasteiger charge is 2.27. The summed E-state index contributed by atoms with van der Waals surface area (Å²) in [7, 11) is 0. The average molecular weight is 366 g/mol. The Bertz CT molecular complexity index is 894. The summed E-state index contributed by atoms with van der Waals surface area (Å²) in [5, 5.41) is 2.86. The Morgan fingerprint density at radius 1 is 1.15 bits per heavy atom. The van der Waals surface area contributed by atoms with Gasteiger partial charge in [-0.3, -0.25) is 9.69 Å². The zero-order valence-electron chi connectivity index (χ0n) is 15.2. The minimum absolute atomic E-state index is 0.000287. The molecule has 5 rings (SSSR count). The van der Waals surface area contributed by atoms with Crippen LogP contribution in [-0.4, -0.2) is 30.5 Å². The number of rotatable bonds is 4. The number of amides is 1. The molecule has 1 atom stereocenters. The van der Waals surface area contributed by atoms with Gasteiger partial charge in [-0.15, -0.1) is 0 Å². The first-order valence-electron chi connectivity index (χ1n) is 9.70. The third-order valence-electron chi connectivity index (χ3n) is 5.77.